The topological polar surface area (TPSA) is 105 Å². The van der Waals surface area contributed by atoms with Gasteiger partial charge in [0.05, 0.1) is 13.1 Å². The highest BCUT2D eigenvalue weighted by molar-refractivity contribution is 5.84. The maximum atomic E-state index is 13.4. The molecule has 0 saturated heterocycles. The van der Waals surface area contributed by atoms with Gasteiger partial charge in [-0.3, -0.25) is 9.59 Å². The number of nitrogens with one attached hydrogen (secondary N) is 3. The van der Waals surface area contributed by atoms with Crippen LogP contribution in [0.3, 0.4) is 0 Å². The molecule has 1 aliphatic carbocycles. The summed E-state index contributed by atoms with van der Waals surface area (Å²) in [7, 11) is 0. The molecule has 0 unspecified atom stereocenters. The minimum absolute atomic E-state index is 0.0246. The first kappa shape index (κ1) is 25.9. The molecule has 1 fully saturated rings. The van der Waals surface area contributed by atoms with Crippen molar-refractivity contribution in [3.8, 4) is 5.82 Å². The Hall–Kier alpha value is -4.19. The standard InChI is InChI=1S/C28H33N7O2/c1-20(36)18-31-28-33-25(17-26(34-28)35-14-6-7-15-35)32-24(16-21-8-4-3-5-9-21)27(37)30-19-22-10-12-23(29-2)13-11-22/h6-7,10-15,17,21,24H,3-5,8-9,16,18-19H2,1H3,(H,30,37)(H2,31,32,33,34)/t24-/m1/s1. The molecule has 0 bridgehead atoms. The van der Waals surface area contributed by atoms with Crippen molar-refractivity contribution in [2.75, 3.05) is 17.2 Å². The van der Waals surface area contributed by atoms with Gasteiger partial charge in [0.2, 0.25) is 11.9 Å². The Morgan fingerprint density at radius 2 is 1.84 bits per heavy atom. The number of amides is 1. The molecule has 1 aliphatic rings. The molecule has 3 aromatic rings. The maximum absolute atomic E-state index is 13.4. The number of rotatable bonds is 11. The van der Waals surface area contributed by atoms with Gasteiger partial charge in [-0.25, -0.2) is 4.85 Å². The molecule has 1 aromatic carbocycles. The summed E-state index contributed by atoms with van der Waals surface area (Å²) in [4.78, 5) is 37.4. The fourth-order valence-electron chi connectivity index (χ4n) is 4.58. The van der Waals surface area contributed by atoms with Gasteiger partial charge in [-0.2, -0.15) is 9.97 Å². The van der Waals surface area contributed by atoms with E-state index in [9.17, 15) is 9.59 Å². The van der Waals surface area contributed by atoms with Crippen LogP contribution in [0, 0.1) is 12.5 Å². The van der Waals surface area contributed by atoms with Crippen LogP contribution in [0.4, 0.5) is 17.5 Å². The van der Waals surface area contributed by atoms with E-state index in [-0.39, 0.29) is 18.2 Å². The quantitative estimate of drug-likeness (QED) is 0.325. The van der Waals surface area contributed by atoms with Crippen molar-refractivity contribution in [1.82, 2.24) is 19.9 Å². The zero-order chi connectivity index (χ0) is 26.0. The Labute approximate surface area is 217 Å². The van der Waals surface area contributed by atoms with Crippen LogP contribution in [-0.2, 0) is 16.1 Å². The Balaban J connectivity index is 1.54. The third-order valence-corrected chi connectivity index (χ3v) is 6.54. The number of hydrogen-bond donors (Lipinski definition) is 3. The Morgan fingerprint density at radius 1 is 1.11 bits per heavy atom. The number of anilines is 2. The van der Waals surface area contributed by atoms with Crippen molar-refractivity contribution in [1.29, 1.82) is 0 Å². The summed E-state index contributed by atoms with van der Waals surface area (Å²) in [6, 6.07) is 12.4. The van der Waals surface area contributed by atoms with Crippen LogP contribution in [0.1, 0.15) is 51.0 Å². The molecule has 1 amide bonds. The molecule has 2 heterocycles. The molecule has 4 rings (SSSR count). The fourth-order valence-corrected chi connectivity index (χ4v) is 4.58. The van der Waals surface area contributed by atoms with Gasteiger partial charge in [0.25, 0.3) is 0 Å². The molecular weight excluding hydrogens is 466 g/mol. The van der Waals surface area contributed by atoms with E-state index in [0.29, 0.717) is 42.2 Å². The third kappa shape index (κ3) is 7.64. The lowest BCUT2D eigenvalue weighted by molar-refractivity contribution is -0.122. The first-order valence-electron chi connectivity index (χ1n) is 12.8. The fraction of sp³-hybridized carbons (Fsp3) is 0.393. The van der Waals surface area contributed by atoms with Gasteiger partial charge in [0, 0.05) is 25.0 Å². The number of Topliss-reactive ketones (excluding diaryl/α,β-unsaturated/α-hetero) is 1. The number of nitrogens with zero attached hydrogens (tertiary/aromatic N) is 4. The van der Waals surface area contributed by atoms with Crippen LogP contribution < -0.4 is 16.0 Å². The lowest BCUT2D eigenvalue weighted by atomic mass is 9.84. The van der Waals surface area contributed by atoms with Crippen LogP contribution in [0.5, 0.6) is 0 Å². The Kier molecular flexibility index (Phi) is 8.87. The maximum Gasteiger partial charge on any atom is 0.242 e. The number of aromatic nitrogens is 3. The summed E-state index contributed by atoms with van der Waals surface area (Å²) in [6.45, 7) is 9.10. The smallest absolute Gasteiger partial charge is 0.242 e. The summed E-state index contributed by atoms with van der Waals surface area (Å²) >= 11 is 0. The molecule has 192 valence electrons. The largest absolute Gasteiger partial charge is 0.358 e. The lowest BCUT2D eigenvalue weighted by Crippen LogP contribution is -2.41. The van der Waals surface area contributed by atoms with E-state index in [2.05, 4.69) is 30.8 Å². The lowest BCUT2D eigenvalue weighted by Gasteiger charge is -2.27. The van der Waals surface area contributed by atoms with Gasteiger partial charge in [-0.05, 0) is 37.0 Å². The van der Waals surface area contributed by atoms with Crippen molar-refractivity contribution in [3.63, 3.8) is 0 Å². The zero-order valence-corrected chi connectivity index (χ0v) is 21.1. The molecule has 1 atom stereocenters. The first-order chi connectivity index (χ1) is 18.0. The van der Waals surface area contributed by atoms with E-state index in [0.717, 1.165) is 18.4 Å². The summed E-state index contributed by atoms with van der Waals surface area (Å²) in [5.41, 5.74) is 1.51. The van der Waals surface area contributed by atoms with Gasteiger partial charge in [0.1, 0.15) is 23.5 Å². The van der Waals surface area contributed by atoms with E-state index in [1.54, 1.807) is 12.1 Å². The molecule has 9 nitrogen and oxygen atoms in total. The van der Waals surface area contributed by atoms with E-state index >= 15 is 0 Å². The molecule has 1 saturated carbocycles. The molecule has 2 aromatic heterocycles. The summed E-state index contributed by atoms with van der Waals surface area (Å²) < 4.78 is 1.86. The normalized spacial score (nSPS) is 14.4. The Morgan fingerprint density at radius 3 is 2.51 bits per heavy atom. The molecule has 37 heavy (non-hydrogen) atoms. The van der Waals surface area contributed by atoms with E-state index < -0.39 is 6.04 Å². The second-order valence-electron chi connectivity index (χ2n) is 9.51. The SMILES string of the molecule is [C-]#[N+]c1ccc(CNC(=O)[C@@H](CC2CCCCC2)Nc2cc(-n3cccc3)nc(NCC(C)=O)n2)cc1. The minimum atomic E-state index is -0.473. The third-order valence-electron chi connectivity index (χ3n) is 6.54. The van der Waals surface area contributed by atoms with Crippen LogP contribution in [0.25, 0.3) is 10.7 Å². The van der Waals surface area contributed by atoms with Gasteiger partial charge in [-0.1, -0.05) is 56.4 Å². The monoisotopic (exact) mass is 499 g/mol. The van der Waals surface area contributed by atoms with Gasteiger partial charge in [-0.15, -0.1) is 0 Å². The summed E-state index contributed by atoms with van der Waals surface area (Å²) in [5.74, 6) is 1.81. The average molecular weight is 500 g/mol. The van der Waals surface area contributed by atoms with Gasteiger partial charge >= 0.3 is 0 Å². The zero-order valence-electron chi connectivity index (χ0n) is 21.1. The Bertz CT molecular complexity index is 1230. The van der Waals surface area contributed by atoms with E-state index in [4.69, 9.17) is 6.57 Å². The molecule has 9 heteroatoms. The number of carbonyl (C=O) groups is 2. The second kappa shape index (κ2) is 12.7. The van der Waals surface area contributed by atoms with Gasteiger partial charge in [0.15, 0.2) is 5.69 Å². The van der Waals surface area contributed by atoms with E-state index in [1.165, 1.54) is 26.2 Å². The van der Waals surface area contributed by atoms with Crippen molar-refractivity contribution < 1.29 is 9.59 Å². The van der Waals surface area contributed by atoms with Crippen LogP contribution in [0.2, 0.25) is 0 Å². The second-order valence-corrected chi connectivity index (χ2v) is 9.51. The number of carbonyl (C=O) groups excluding carboxylic acids is 2. The summed E-state index contributed by atoms with van der Waals surface area (Å²) in [5, 5.41) is 9.41. The highest BCUT2D eigenvalue weighted by Crippen LogP contribution is 2.28. The molecule has 0 aliphatic heterocycles. The number of ketones is 1. The predicted octanol–water partition coefficient (Wildman–Crippen LogP) is 4.89. The van der Waals surface area contributed by atoms with Crippen molar-refractivity contribution >= 4 is 29.1 Å². The number of benzene rings is 1. The van der Waals surface area contributed by atoms with Crippen molar-refractivity contribution in [2.24, 2.45) is 5.92 Å². The minimum Gasteiger partial charge on any atom is -0.358 e. The average Bonchev–Trinajstić information content (AvgIpc) is 3.46. The molecule has 3 N–H and O–H groups in total. The van der Waals surface area contributed by atoms with Crippen molar-refractivity contribution in [2.45, 2.75) is 58.0 Å². The van der Waals surface area contributed by atoms with Crippen LogP contribution >= 0.6 is 0 Å². The van der Waals surface area contributed by atoms with Crippen LogP contribution in [-0.4, -0.2) is 38.8 Å². The predicted molar refractivity (Wildman–Crippen MR) is 144 cm³/mol. The van der Waals surface area contributed by atoms with Gasteiger partial charge < -0.3 is 20.5 Å². The summed E-state index contributed by atoms with van der Waals surface area (Å²) in [6.07, 6.45) is 10.3. The van der Waals surface area contributed by atoms with Crippen molar-refractivity contribution in [3.05, 3.63) is 71.8 Å². The molecular formula is C28H33N7O2. The number of hydrogen-bond acceptors (Lipinski definition) is 6. The molecule has 0 radical (unpaired) electrons. The molecule has 0 spiro atoms. The first-order valence-corrected chi connectivity index (χ1v) is 12.8. The van der Waals surface area contributed by atoms with E-state index in [1.807, 2.05) is 47.3 Å². The highest BCUT2D eigenvalue weighted by atomic mass is 16.2. The van der Waals surface area contributed by atoms with Crippen LogP contribution in [0.15, 0.2) is 54.9 Å². The highest BCUT2D eigenvalue weighted by Gasteiger charge is 2.25.